The second-order valence-corrected chi connectivity index (χ2v) is 3.61. The van der Waals surface area contributed by atoms with E-state index < -0.39 is 11.1 Å². The molecule has 10 heavy (non-hydrogen) atoms. The van der Waals surface area contributed by atoms with Crippen LogP contribution < -0.4 is 5.14 Å². The Kier molecular flexibility index (Phi) is 1.22. The average molecular weight is 153 g/mol. The quantitative estimate of drug-likeness (QED) is 0.539. The third-order valence-electron chi connectivity index (χ3n) is 1.39. The summed E-state index contributed by atoms with van der Waals surface area (Å²) in [7, 11) is 0. The van der Waals surface area contributed by atoms with Crippen molar-refractivity contribution >= 4 is 17.2 Å². The number of thiol groups is 1. The highest BCUT2D eigenvalue weighted by Gasteiger charge is 2.09. The Morgan fingerprint density at radius 1 is 1.50 bits per heavy atom. The first-order valence-corrected chi connectivity index (χ1v) is 4.38. The summed E-state index contributed by atoms with van der Waals surface area (Å²) in [6.45, 7) is 0. The molecule has 0 spiro atoms. The van der Waals surface area contributed by atoms with Crippen molar-refractivity contribution in [2.75, 3.05) is 0 Å². The van der Waals surface area contributed by atoms with Crippen molar-refractivity contribution < 1.29 is 0 Å². The Labute approximate surface area is 61.5 Å². The monoisotopic (exact) mass is 153 g/mol. The van der Waals surface area contributed by atoms with Gasteiger partial charge < -0.3 is 0 Å². The molecule has 1 aromatic rings. The summed E-state index contributed by atoms with van der Waals surface area (Å²) in [6, 6.07) is 0. The molecule has 0 radical (unpaired) electrons. The maximum Gasteiger partial charge on any atom is 0.116 e. The number of hydrogen-bond donors (Lipinski definition) is 2. The number of aromatic nitrogens is 2. The average Bonchev–Trinajstić information content (AvgIpc) is 2.34. The molecule has 0 amide bonds. The van der Waals surface area contributed by atoms with Crippen molar-refractivity contribution in [1.29, 1.82) is 0 Å². The number of nitrogens with zero attached hydrogens (tertiary/aromatic N) is 2. The smallest absolute Gasteiger partial charge is 0.116 e. The molecule has 1 aliphatic heterocycles. The van der Waals surface area contributed by atoms with E-state index in [9.17, 15) is 0 Å². The standard InChI is InChI=1S/C6H7N3S/c7-10-2-1-5-6(10)3-8-4-9-5/h1-4,10H,7H2. The summed E-state index contributed by atoms with van der Waals surface area (Å²) in [6.07, 6.45) is 5.27. The zero-order valence-corrected chi connectivity index (χ0v) is 6.12. The lowest BCUT2D eigenvalue weighted by atomic mass is 10.4. The number of hydrogen-bond acceptors (Lipinski definition) is 3. The van der Waals surface area contributed by atoms with Crippen molar-refractivity contribution in [2.45, 2.75) is 4.90 Å². The molecular formula is C6H7N3S. The third-order valence-corrected chi connectivity index (χ3v) is 2.77. The molecule has 2 heterocycles. The Morgan fingerprint density at radius 2 is 2.40 bits per heavy atom. The third kappa shape index (κ3) is 0.732. The molecule has 52 valence electrons. The van der Waals surface area contributed by atoms with Crippen molar-refractivity contribution in [3.63, 3.8) is 0 Å². The van der Waals surface area contributed by atoms with Crippen LogP contribution >= 0.6 is 11.1 Å². The van der Waals surface area contributed by atoms with Gasteiger partial charge in [0.05, 0.1) is 5.69 Å². The van der Waals surface area contributed by atoms with Gasteiger partial charge in [0, 0.05) is 11.1 Å². The van der Waals surface area contributed by atoms with Gasteiger partial charge in [0.25, 0.3) is 0 Å². The minimum Gasteiger partial charge on any atom is -0.290 e. The van der Waals surface area contributed by atoms with E-state index in [0.29, 0.717) is 0 Å². The van der Waals surface area contributed by atoms with E-state index in [-0.39, 0.29) is 0 Å². The van der Waals surface area contributed by atoms with Crippen LogP contribution in [0.3, 0.4) is 0 Å². The summed E-state index contributed by atoms with van der Waals surface area (Å²) < 4.78 is 0. The maximum absolute atomic E-state index is 5.74. The lowest BCUT2D eigenvalue weighted by Crippen LogP contribution is -1.91. The van der Waals surface area contributed by atoms with Gasteiger partial charge in [0.2, 0.25) is 0 Å². The van der Waals surface area contributed by atoms with E-state index in [2.05, 4.69) is 9.97 Å². The largest absolute Gasteiger partial charge is 0.290 e. The molecule has 1 unspecified atom stereocenters. The first-order valence-electron chi connectivity index (χ1n) is 2.90. The predicted molar refractivity (Wildman–Crippen MR) is 42.5 cm³/mol. The fourth-order valence-electron chi connectivity index (χ4n) is 0.890. The van der Waals surface area contributed by atoms with Crippen molar-refractivity contribution in [1.82, 2.24) is 9.97 Å². The van der Waals surface area contributed by atoms with Crippen LogP contribution in [-0.4, -0.2) is 9.97 Å². The van der Waals surface area contributed by atoms with Crippen LogP contribution in [0.1, 0.15) is 5.69 Å². The minimum atomic E-state index is -0.586. The van der Waals surface area contributed by atoms with Crippen LogP contribution in [0.4, 0.5) is 0 Å². The van der Waals surface area contributed by atoms with Crippen LogP contribution in [0, 0.1) is 0 Å². The van der Waals surface area contributed by atoms with Crippen molar-refractivity contribution in [3.05, 3.63) is 23.6 Å². The van der Waals surface area contributed by atoms with E-state index in [1.54, 1.807) is 6.20 Å². The van der Waals surface area contributed by atoms with Gasteiger partial charge in [-0.05, 0) is 11.5 Å². The highest BCUT2D eigenvalue weighted by molar-refractivity contribution is 8.18. The Balaban J connectivity index is 2.59. The van der Waals surface area contributed by atoms with Crippen LogP contribution in [0.15, 0.2) is 22.8 Å². The zero-order valence-electron chi connectivity index (χ0n) is 5.23. The first-order chi connectivity index (χ1) is 4.88. The highest BCUT2D eigenvalue weighted by atomic mass is 32.2. The molecule has 0 bridgehead atoms. The van der Waals surface area contributed by atoms with Gasteiger partial charge in [0.15, 0.2) is 0 Å². The highest BCUT2D eigenvalue weighted by Crippen LogP contribution is 2.37. The summed E-state index contributed by atoms with van der Waals surface area (Å²) in [5, 5.41) is 7.73. The second-order valence-electron chi connectivity index (χ2n) is 2.02. The molecule has 2 N–H and O–H groups in total. The first kappa shape index (κ1) is 5.88. The molecule has 3 nitrogen and oxygen atoms in total. The summed E-state index contributed by atoms with van der Waals surface area (Å²) in [4.78, 5) is 9.02. The van der Waals surface area contributed by atoms with Crippen LogP contribution in [0.25, 0.3) is 6.08 Å². The zero-order chi connectivity index (χ0) is 6.97. The number of rotatable bonds is 0. The lowest BCUT2D eigenvalue weighted by molar-refractivity contribution is 1.08. The molecule has 0 saturated heterocycles. The number of fused-ring (bicyclic) bond motifs is 1. The van der Waals surface area contributed by atoms with E-state index in [0.717, 1.165) is 10.6 Å². The van der Waals surface area contributed by atoms with E-state index in [1.807, 2.05) is 11.5 Å². The topological polar surface area (TPSA) is 51.8 Å². The van der Waals surface area contributed by atoms with Crippen molar-refractivity contribution in [3.8, 4) is 0 Å². The molecule has 1 atom stereocenters. The van der Waals surface area contributed by atoms with Gasteiger partial charge in [-0.15, -0.1) is 0 Å². The lowest BCUT2D eigenvalue weighted by Gasteiger charge is -2.04. The summed E-state index contributed by atoms with van der Waals surface area (Å²) >= 11 is -0.586. The number of nitrogens with two attached hydrogens (primary N) is 1. The van der Waals surface area contributed by atoms with Gasteiger partial charge in [0.1, 0.15) is 6.33 Å². The van der Waals surface area contributed by atoms with E-state index in [4.69, 9.17) is 5.14 Å². The Morgan fingerprint density at radius 3 is 3.20 bits per heavy atom. The molecule has 0 aliphatic carbocycles. The van der Waals surface area contributed by atoms with Gasteiger partial charge >= 0.3 is 0 Å². The predicted octanol–water partition coefficient (Wildman–Crippen LogP) is 0.695. The molecule has 4 heteroatoms. The molecule has 1 aromatic heterocycles. The van der Waals surface area contributed by atoms with Crippen LogP contribution in [0.5, 0.6) is 0 Å². The summed E-state index contributed by atoms with van der Waals surface area (Å²) in [5.74, 6) is 0. The molecule has 0 aromatic carbocycles. The SMILES string of the molecule is N[SH]1C=Cc2ncncc21. The van der Waals surface area contributed by atoms with Crippen molar-refractivity contribution in [2.24, 2.45) is 5.14 Å². The van der Waals surface area contributed by atoms with Crippen LogP contribution in [-0.2, 0) is 0 Å². The van der Waals surface area contributed by atoms with Gasteiger partial charge in [-0.25, -0.2) is 9.97 Å². The Hall–Kier alpha value is -0.870. The normalized spacial score (nSPS) is 24.7. The van der Waals surface area contributed by atoms with Crippen LogP contribution in [0.2, 0.25) is 0 Å². The summed E-state index contributed by atoms with van der Waals surface area (Å²) in [5.41, 5.74) is 0.976. The minimum absolute atomic E-state index is 0.586. The molecule has 0 saturated carbocycles. The second kappa shape index (κ2) is 2.07. The molecule has 0 fully saturated rings. The molecule has 2 rings (SSSR count). The molecular weight excluding hydrogens is 146 g/mol. The fourth-order valence-corrected chi connectivity index (χ4v) is 1.95. The van der Waals surface area contributed by atoms with E-state index >= 15 is 0 Å². The fraction of sp³-hybridized carbons (Fsp3) is 0. The van der Waals surface area contributed by atoms with E-state index in [1.165, 1.54) is 6.33 Å². The molecule has 1 aliphatic rings. The van der Waals surface area contributed by atoms with Gasteiger partial charge in [-0.1, -0.05) is 0 Å². The Bertz CT molecular complexity index is 284. The van der Waals surface area contributed by atoms with Gasteiger partial charge in [-0.3, -0.25) is 5.14 Å². The van der Waals surface area contributed by atoms with Gasteiger partial charge in [-0.2, -0.15) is 11.1 Å². The maximum atomic E-state index is 5.74.